The normalized spacial score (nSPS) is 19.2. The molecule has 0 spiro atoms. The molecule has 2 nitrogen and oxygen atoms in total. The molecule has 186 valence electrons. The predicted molar refractivity (Wildman–Crippen MR) is 153 cm³/mol. The second-order valence-electron chi connectivity index (χ2n) is 11.9. The quantitative estimate of drug-likeness (QED) is 0.433. The van der Waals surface area contributed by atoms with Gasteiger partial charge in [-0.15, -0.1) is 23.5 Å². The van der Waals surface area contributed by atoms with Gasteiger partial charge >= 0.3 is 0 Å². The van der Waals surface area contributed by atoms with E-state index in [1.54, 1.807) is 0 Å². The number of para-hydroxylation sites is 1. The highest BCUT2D eigenvalue weighted by atomic mass is 32.2. The Balaban J connectivity index is 1.71. The molecule has 0 bridgehead atoms. The largest absolute Gasteiger partial charge is 0.325 e. The van der Waals surface area contributed by atoms with E-state index < -0.39 is 0 Å². The third kappa shape index (κ3) is 7.31. The van der Waals surface area contributed by atoms with Crippen molar-refractivity contribution in [1.29, 1.82) is 0 Å². The summed E-state index contributed by atoms with van der Waals surface area (Å²) in [4.78, 5) is 14.2. The van der Waals surface area contributed by atoms with Gasteiger partial charge in [-0.25, -0.2) is 0 Å². The number of nitrogens with one attached hydrogen (secondary N) is 1. The van der Waals surface area contributed by atoms with E-state index >= 15 is 0 Å². The number of rotatable bonds is 6. The zero-order valence-corrected chi connectivity index (χ0v) is 24.0. The monoisotopic (exact) mass is 497 g/mol. The predicted octanol–water partition coefficient (Wildman–Crippen LogP) is 8.67. The van der Waals surface area contributed by atoms with Crippen LogP contribution in [0.2, 0.25) is 0 Å². The summed E-state index contributed by atoms with van der Waals surface area (Å²) in [7, 11) is 0. The molecule has 0 aromatic heterocycles. The van der Waals surface area contributed by atoms with Gasteiger partial charge in [-0.05, 0) is 71.9 Å². The molecule has 2 atom stereocenters. The molecule has 0 heterocycles. The van der Waals surface area contributed by atoms with E-state index in [9.17, 15) is 4.79 Å². The van der Waals surface area contributed by atoms with Crippen molar-refractivity contribution in [3.05, 3.63) is 58.7 Å². The van der Waals surface area contributed by atoms with Crippen molar-refractivity contribution in [3.8, 4) is 0 Å². The summed E-state index contributed by atoms with van der Waals surface area (Å²) in [5.41, 5.74) is 6.30. The minimum atomic E-state index is 0.112. The van der Waals surface area contributed by atoms with E-state index in [0.717, 1.165) is 16.8 Å². The van der Waals surface area contributed by atoms with Crippen LogP contribution in [-0.2, 0) is 15.6 Å². The summed E-state index contributed by atoms with van der Waals surface area (Å²) >= 11 is 3.89. The van der Waals surface area contributed by atoms with Crippen molar-refractivity contribution in [1.82, 2.24) is 0 Å². The fourth-order valence-corrected chi connectivity index (χ4v) is 7.30. The van der Waals surface area contributed by atoms with Gasteiger partial charge in [0.25, 0.3) is 0 Å². The Kier molecular flexibility index (Phi) is 8.90. The molecule has 0 unspecified atom stereocenters. The van der Waals surface area contributed by atoms with Crippen molar-refractivity contribution >= 4 is 35.1 Å². The molecule has 0 saturated heterocycles. The van der Waals surface area contributed by atoms with Gasteiger partial charge in [-0.3, -0.25) is 4.79 Å². The number of hydrogen-bond donors (Lipinski definition) is 1. The number of hydrogen-bond acceptors (Lipinski definition) is 3. The third-order valence-corrected chi connectivity index (χ3v) is 9.71. The molecule has 3 rings (SSSR count). The zero-order valence-electron chi connectivity index (χ0n) is 22.4. The van der Waals surface area contributed by atoms with Crippen molar-refractivity contribution in [3.63, 3.8) is 0 Å². The number of thioether (sulfide) groups is 2. The lowest BCUT2D eigenvalue weighted by Gasteiger charge is -2.32. The minimum Gasteiger partial charge on any atom is -0.325 e. The Morgan fingerprint density at radius 3 is 1.94 bits per heavy atom. The Morgan fingerprint density at radius 2 is 1.41 bits per heavy atom. The van der Waals surface area contributed by atoms with Crippen LogP contribution in [0, 0.1) is 13.8 Å². The van der Waals surface area contributed by atoms with Gasteiger partial charge in [0.2, 0.25) is 5.91 Å². The molecule has 2 aromatic carbocycles. The van der Waals surface area contributed by atoms with E-state index in [-0.39, 0.29) is 16.7 Å². The summed E-state index contributed by atoms with van der Waals surface area (Å²) in [5, 5.41) is 4.23. The first-order chi connectivity index (χ1) is 15.8. The second-order valence-corrected chi connectivity index (χ2v) is 14.4. The highest BCUT2D eigenvalue weighted by molar-refractivity contribution is 8.04. The number of benzene rings is 2. The molecule has 1 N–H and O–H groups in total. The van der Waals surface area contributed by atoms with E-state index in [4.69, 9.17) is 0 Å². The Hall–Kier alpha value is -1.39. The number of aryl methyl sites for hydroxylation is 2. The van der Waals surface area contributed by atoms with E-state index in [1.165, 1.54) is 41.7 Å². The first-order valence-corrected chi connectivity index (χ1v) is 14.6. The molecular weight excluding hydrogens is 454 g/mol. The molecule has 0 aliphatic heterocycles. The van der Waals surface area contributed by atoms with Gasteiger partial charge < -0.3 is 5.32 Å². The maximum absolute atomic E-state index is 12.8. The SMILES string of the molecule is Cc1cccc(C)c1NC(=O)CS[C@@H]1CCCC[C@H]1Sc1cc(C(C)(C)C)cc(C(C)(C)C)c1. The fraction of sp³-hybridized carbons (Fsp3) is 0.567. The number of anilines is 1. The molecular formula is C30H43NOS2. The first-order valence-electron chi connectivity index (χ1n) is 12.6. The lowest BCUT2D eigenvalue weighted by molar-refractivity contribution is -0.113. The topological polar surface area (TPSA) is 29.1 Å². The van der Waals surface area contributed by atoms with Crippen molar-refractivity contribution in [2.75, 3.05) is 11.1 Å². The van der Waals surface area contributed by atoms with Crippen LogP contribution in [0.1, 0.15) is 89.5 Å². The minimum absolute atomic E-state index is 0.112. The number of carbonyl (C=O) groups is 1. The van der Waals surface area contributed by atoms with E-state index in [0.29, 0.717) is 16.3 Å². The van der Waals surface area contributed by atoms with Crippen LogP contribution in [0.3, 0.4) is 0 Å². The van der Waals surface area contributed by atoms with Gasteiger partial charge in [0.05, 0.1) is 5.75 Å². The molecule has 4 heteroatoms. The standard InChI is InChI=1S/C30H43NOS2/c1-20-12-11-13-21(2)28(20)31-27(32)19-33-25-14-9-10-15-26(25)34-24-17-22(29(3,4)5)16-23(18-24)30(6,7)8/h11-13,16-18,25-26H,9-10,14-15,19H2,1-8H3,(H,31,32)/t25-,26-/m1/s1. The maximum atomic E-state index is 12.8. The van der Waals surface area contributed by atoms with Crippen LogP contribution >= 0.6 is 23.5 Å². The summed E-state index contributed by atoms with van der Waals surface area (Å²) in [6.07, 6.45) is 4.98. The molecule has 34 heavy (non-hydrogen) atoms. The van der Waals surface area contributed by atoms with Crippen LogP contribution in [0.4, 0.5) is 5.69 Å². The van der Waals surface area contributed by atoms with Gasteiger partial charge in [0.15, 0.2) is 0 Å². The van der Waals surface area contributed by atoms with Gasteiger partial charge in [0, 0.05) is 21.1 Å². The molecule has 1 aliphatic carbocycles. The van der Waals surface area contributed by atoms with Crippen LogP contribution < -0.4 is 5.32 Å². The molecule has 1 fully saturated rings. The third-order valence-electron chi connectivity index (χ3n) is 6.74. The van der Waals surface area contributed by atoms with E-state index in [2.05, 4.69) is 91.0 Å². The average molecular weight is 498 g/mol. The first kappa shape index (κ1) is 27.2. The maximum Gasteiger partial charge on any atom is 0.234 e. The van der Waals surface area contributed by atoms with Crippen molar-refractivity contribution in [2.24, 2.45) is 0 Å². The molecule has 2 aromatic rings. The zero-order chi connectivity index (χ0) is 25.1. The highest BCUT2D eigenvalue weighted by Gasteiger charge is 2.28. The van der Waals surface area contributed by atoms with Crippen LogP contribution in [0.15, 0.2) is 41.3 Å². The van der Waals surface area contributed by atoms with Gasteiger partial charge in [-0.1, -0.05) is 78.6 Å². The smallest absolute Gasteiger partial charge is 0.234 e. The summed E-state index contributed by atoms with van der Waals surface area (Å²) in [5.74, 6) is 0.631. The van der Waals surface area contributed by atoms with Crippen molar-refractivity contribution < 1.29 is 4.79 Å². The number of amides is 1. The lowest BCUT2D eigenvalue weighted by Crippen LogP contribution is -2.27. The van der Waals surface area contributed by atoms with Crippen LogP contribution in [-0.4, -0.2) is 22.2 Å². The van der Waals surface area contributed by atoms with Crippen LogP contribution in [0.25, 0.3) is 0 Å². The molecule has 1 aliphatic rings. The van der Waals surface area contributed by atoms with Gasteiger partial charge in [-0.2, -0.15) is 0 Å². The Bertz CT molecular complexity index is 947. The average Bonchev–Trinajstić information content (AvgIpc) is 2.74. The number of carbonyl (C=O) groups excluding carboxylic acids is 1. The Labute approximate surface area is 216 Å². The van der Waals surface area contributed by atoms with Crippen LogP contribution in [0.5, 0.6) is 0 Å². The summed E-state index contributed by atoms with van der Waals surface area (Å²) in [6.45, 7) is 17.9. The highest BCUT2D eigenvalue weighted by Crippen LogP contribution is 2.42. The summed E-state index contributed by atoms with van der Waals surface area (Å²) < 4.78 is 0. The lowest BCUT2D eigenvalue weighted by atomic mass is 9.81. The van der Waals surface area contributed by atoms with Crippen molar-refractivity contribution in [2.45, 2.75) is 107 Å². The van der Waals surface area contributed by atoms with E-state index in [1.807, 2.05) is 29.6 Å². The molecule has 1 saturated carbocycles. The molecule has 0 radical (unpaired) electrons. The van der Waals surface area contributed by atoms with Gasteiger partial charge in [0.1, 0.15) is 0 Å². The molecule has 1 amide bonds. The summed E-state index contributed by atoms with van der Waals surface area (Å²) in [6, 6.07) is 13.4. The second kappa shape index (κ2) is 11.1. The Morgan fingerprint density at radius 1 is 0.882 bits per heavy atom. The fourth-order valence-electron chi connectivity index (χ4n) is 4.47.